The van der Waals surface area contributed by atoms with Crippen molar-refractivity contribution in [1.29, 1.82) is 0 Å². The number of thioether (sulfide) groups is 1. The first-order valence-corrected chi connectivity index (χ1v) is 11.0. The molecule has 3 aromatic rings. The van der Waals surface area contributed by atoms with Gasteiger partial charge in [-0.1, -0.05) is 12.1 Å². The highest BCUT2D eigenvalue weighted by atomic mass is 32.2. The zero-order valence-corrected chi connectivity index (χ0v) is 19.1. The number of benzene rings is 2. The predicted octanol–water partition coefficient (Wildman–Crippen LogP) is 4.51. The number of carbonyl (C=O) groups excluding carboxylic acids is 1. The van der Waals surface area contributed by atoms with Crippen molar-refractivity contribution in [3.05, 3.63) is 58.3 Å². The molecular weight excluding hydrogens is 414 g/mol. The number of hydrogen-bond donors (Lipinski definition) is 1. The summed E-state index contributed by atoms with van der Waals surface area (Å²) in [5.41, 5.74) is 5.73. The largest absolute Gasteiger partial charge is 0.493 e. The van der Waals surface area contributed by atoms with Crippen LogP contribution in [0.1, 0.15) is 32.7 Å². The molecule has 8 heteroatoms. The summed E-state index contributed by atoms with van der Waals surface area (Å²) < 4.78 is 18.0. The van der Waals surface area contributed by atoms with Gasteiger partial charge in [-0.3, -0.25) is 4.79 Å². The van der Waals surface area contributed by atoms with E-state index in [0.717, 1.165) is 34.0 Å². The fraction of sp³-hybridized carbons (Fsp3) is 0.304. The second-order valence-corrected chi connectivity index (χ2v) is 8.25. The van der Waals surface area contributed by atoms with E-state index in [4.69, 9.17) is 19.3 Å². The number of ether oxygens (including phenoxy) is 3. The second-order valence-electron chi connectivity index (χ2n) is 7.27. The van der Waals surface area contributed by atoms with Crippen LogP contribution in [0.15, 0.2) is 30.3 Å². The average Bonchev–Trinajstić information content (AvgIpc) is 3.37. The van der Waals surface area contributed by atoms with Crippen LogP contribution in [0.3, 0.4) is 0 Å². The van der Waals surface area contributed by atoms with Gasteiger partial charge >= 0.3 is 0 Å². The third kappa shape index (κ3) is 3.72. The van der Waals surface area contributed by atoms with E-state index >= 15 is 0 Å². The number of nitrogens with zero attached hydrogens (tertiary/aromatic N) is 2. The summed E-state index contributed by atoms with van der Waals surface area (Å²) in [6.45, 7) is 4.14. The lowest BCUT2D eigenvalue weighted by Crippen LogP contribution is -2.17. The van der Waals surface area contributed by atoms with Crippen LogP contribution in [0.4, 0.5) is 5.82 Å². The number of rotatable bonds is 6. The summed E-state index contributed by atoms with van der Waals surface area (Å²) in [5.74, 6) is 3.37. The third-order valence-corrected chi connectivity index (χ3v) is 6.49. The molecule has 0 radical (unpaired) electrons. The standard InChI is InChI=1S/C23H25N3O4S/c1-13-7-6-8-18(14(13)2)26-22(16-11-31-12-17(16)25-26)24-23(27)15-9-19(28-3)21(30-5)20(10-15)29-4/h6-10H,11-12H2,1-5H3,(H,24,27). The molecule has 1 aliphatic rings. The van der Waals surface area contributed by atoms with Gasteiger partial charge in [0.05, 0.1) is 32.7 Å². The quantitative estimate of drug-likeness (QED) is 0.609. The lowest BCUT2D eigenvalue weighted by Gasteiger charge is -2.16. The number of aromatic nitrogens is 2. The Bertz CT molecular complexity index is 1130. The molecule has 1 aromatic heterocycles. The monoisotopic (exact) mass is 439 g/mol. The molecular formula is C23H25N3O4S. The van der Waals surface area contributed by atoms with Crippen molar-refractivity contribution in [2.24, 2.45) is 0 Å². The van der Waals surface area contributed by atoms with E-state index < -0.39 is 0 Å². The first kappa shape index (κ1) is 21.1. The zero-order chi connectivity index (χ0) is 22.1. The minimum atomic E-state index is -0.273. The number of methoxy groups -OCH3 is 3. The van der Waals surface area contributed by atoms with Gasteiger partial charge in [-0.05, 0) is 43.2 Å². The Morgan fingerprint density at radius 1 is 1.06 bits per heavy atom. The summed E-state index contributed by atoms with van der Waals surface area (Å²) >= 11 is 1.79. The van der Waals surface area contributed by atoms with E-state index in [1.807, 2.05) is 16.8 Å². The molecule has 2 heterocycles. The molecule has 0 fully saturated rings. The first-order valence-electron chi connectivity index (χ1n) is 9.85. The van der Waals surface area contributed by atoms with Gasteiger partial charge < -0.3 is 19.5 Å². The molecule has 1 aliphatic heterocycles. The van der Waals surface area contributed by atoms with E-state index in [1.54, 1.807) is 23.9 Å². The molecule has 0 unspecified atom stereocenters. The maximum absolute atomic E-state index is 13.3. The van der Waals surface area contributed by atoms with Gasteiger partial charge in [0, 0.05) is 22.6 Å². The van der Waals surface area contributed by atoms with Gasteiger partial charge in [-0.25, -0.2) is 4.68 Å². The topological polar surface area (TPSA) is 74.6 Å². The van der Waals surface area contributed by atoms with Crippen molar-refractivity contribution in [2.75, 3.05) is 26.6 Å². The minimum Gasteiger partial charge on any atom is -0.493 e. The molecule has 0 saturated heterocycles. The van der Waals surface area contributed by atoms with Crippen molar-refractivity contribution in [1.82, 2.24) is 9.78 Å². The summed E-state index contributed by atoms with van der Waals surface area (Å²) in [5, 5.41) is 7.90. The number of amides is 1. The van der Waals surface area contributed by atoms with Crippen molar-refractivity contribution in [3.8, 4) is 22.9 Å². The van der Waals surface area contributed by atoms with Crippen molar-refractivity contribution < 1.29 is 19.0 Å². The van der Waals surface area contributed by atoms with Gasteiger partial charge in [0.1, 0.15) is 5.82 Å². The van der Waals surface area contributed by atoms with E-state index in [1.165, 1.54) is 26.9 Å². The number of hydrogen-bond acceptors (Lipinski definition) is 6. The fourth-order valence-electron chi connectivity index (χ4n) is 3.67. The van der Waals surface area contributed by atoms with Crippen LogP contribution in [0.5, 0.6) is 17.2 Å². The first-order chi connectivity index (χ1) is 15.0. The molecule has 0 atom stereocenters. The normalized spacial score (nSPS) is 12.4. The highest BCUT2D eigenvalue weighted by Gasteiger charge is 2.26. The van der Waals surface area contributed by atoms with Crippen LogP contribution in [-0.2, 0) is 11.5 Å². The van der Waals surface area contributed by atoms with Crippen LogP contribution >= 0.6 is 11.8 Å². The SMILES string of the molecule is COc1cc(C(=O)Nc2c3c(nn2-c2cccc(C)c2C)CSC3)cc(OC)c1OC. The highest BCUT2D eigenvalue weighted by molar-refractivity contribution is 7.98. The molecule has 1 N–H and O–H groups in total. The molecule has 0 saturated carbocycles. The van der Waals surface area contributed by atoms with Crippen molar-refractivity contribution in [3.63, 3.8) is 0 Å². The predicted molar refractivity (Wildman–Crippen MR) is 122 cm³/mol. The summed E-state index contributed by atoms with van der Waals surface area (Å²) in [6, 6.07) is 9.38. The van der Waals surface area contributed by atoms with E-state index in [2.05, 4.69) is 25.2 Å². The van der Waals surface area contributed by atoms with E-state index in [0.29, 0.717) is 28.6 Å². The molecule has 1 amide bonds. The molecule has 7 nitrogen and oxygen atoms in total. The lowest BCUT2D eigenvalue weighted by molar-refractivity contribution is 0.102. The Morgan fingerprint density at radius 3 is 2.42 bits per heavy atom. The van der Waals surface area contributed by atoms with Gasteiger partial charge in [-0.15, -0.1) is 0 Å². The third-order valence-electron chi connectivity index (χ3n) is 5.51. The Hall–Kier alpha value is -3.13. The van der Waals surface area contributed by atoms with Crippen molar-refractivity contribution in [2.45, 2.75) is 25.4 Å². The average molecular weight is 440 g/mol. The number of carbonyl (C=O) groups is 1. The second kappa shape index (κ2) is 8.55. The molecule has 4 rings (SSSR count). The number of aryl methyl sites for hydroxylation is 1. The highest BCUT2D eigenvalue weighted by Crippen LogP contribution is 2.40. The van der Waals surface area contributed by atoms with Crippen LogP contribution in [0, 0.1) is 13.8 Å². The molecule has 0 aliphatic carbocycles. The summed E-state index contributed by atoms with van der Waals surface area (Å²) in [4.78, 5) is 13.3. The molecule has 162 valence electrons. The lowest BCUT2D eigenvalue weighted by atomic mass is 10.1. The number of nitrogens with one attached hydrogen (secondary N) is 1. The zero-order valence-electron chi connectivity index (χ0n) is 18.2. The Labute approximate surface area is 185 Å². The smallest absolute Gasteiger partial charge is 0.257 e. The van der Waals surface area contributed by atoms with Crippen LogP contribution in [-0.4, -0.2) is 37.0 Å². The maximum Gasteiger partial charge on any atom is 0.257 e. The van der Waals surface area contributed by atoms with Crippen LogP contribution < -0.4 is 19.5 Å². The number of fused-ring (bicyclic) bond motifs is 1. The van der Waals surface area contributed by atoms with E-state index in [-0.39, 0.29) is 5.91 Å². The Morgan fingerprint density at radius 2 is 1.77 bits per heavy atom. The Balaban J connectivity index is 1.77. The molecule has 0 spiro atoms. The van der Waals surface area contributed by atoms with Gasteiger partial charge in [0.25, 0.3) is 5.91 Å². The fourth-order valence-corrected chi connectivity index (χ4v) is 4.71. The molecule has 31 heavy (non-hydrogen) atoms. The molecule has 0 bridgehead atoms. The van der Waals surface area contributed by atoms with E-state index in [9.17, 15) is 4.79 Å². The van der Waals surface area contributed by atoms with Gasteiger partial charge in [0.2, 0.25) is 5.75 Å². The molecule has 2 aromatic carbocycles. The van der Waals surface area contributed by atoms with Crippen LogP contribution in [0.25, 0.3) is 5.69 Å². The minimum absolute atomic E-state index is 0.273. The van der Waals surface area contributed by atoms with Gasteiger partial charge in [-0.2, -0.15) is 16.9 Å². The summed E-state index contributed by atoms with van der Waals surface area (Å²) in [7, 11) is 4.58. The summed E-state index contributed by atoms with van der Waals surface area (Å²) in [6.07, 6.45) is 0. The van der Waals surface area contributed by atoms with Gasteiger partial charge in [0.15, 0.2) is 11.5 Å². The maximum atomic E-state index is 13.3. The van der Waals surface area contributed by atoms with Crippen LogP contribution in [0.2, 0.25) is 0 Å². The van der Waals surface area contributed by atoms with Crippen molar-refractivity contribution >= 4 is 23.5 Å². The Kier molecular flexibility index (Phi) is 5.82. The number of anilines is 1.